The third-order valence-electron chi connectivity index (χ3n) is 6.12. The van der Waals surface area contributed by atoms with Crippen molar-refractivity contribution < 1.29 is 4.79 Å². The number of aliphatic imine (C=N–C) groups is 1. The van der Waals surface area contributed by atoms with Gasteiger partial charge in [0, 0.05) is 60.8 Å². The highest BCUT2D eigenvalue weighted by Crippen LogP contribution is 2.22. The van der Waals surface area contributed by atoms with Crippen molar-refractivity contribution in [3.63, 3.8) is 0 Å². The maximum absolute atomic E-state index is 12.6. The smallest absolute Gasteiger partial charge is 0.225 e. The van der Waals surface area contributed by atoms with Crippen molar-refractivity contribution in [1.82, 2.24) is 20.5 Å². The van der Waals surface area contributed by atoms with Crippen molar-refractivity contribution in [2.24, 2.45) is 10.9 Å². The second-order valence-electron chi connectivity index (χ2n) is 8.01. The number of benzene rings is 1. The molecule has 6 nitrogen and oxygen atoms in total. The molecule has 2 heterocycles. The number of halogens is 2. The number of guanidine groups is 1. The van der Waals surface area contributed by atoms with Gasteiger partial charge in [-0.05, 0) is 55.9 Å². The predicted octanol–water partition coefficient (Wildman–Crippen LogP) is 4.57. The van der Waals surface area contributed by atoms with Crippen LogP contribution in [0.3, 0.4) is 0 Å². The first-order valence-corrected chi connectivity index (χ1v) is 11.4. The van der Waals surface area contributed by atoms with Crippen molar-refractivity contribution >= 4 is 58.3 Å². The van der Waals surface area contributed by atoms with Crippen molar-refractivity contribution in [3.05, 3.63) is 35.0 Å². The fourth-order valence-electron chi connectivity index (χ4n) is 4.20. The summed E-state index contributed by atoms with van der Waals surface area (Å²) in [6.07, 6.45) is 6.68. The van der Waals surface area contributed by atoms with Gasteiger partial charge in [-0.15, -0.1) is 24.0 Å². The van der Waals surface area contributed by atoms with Crippen molar-refractivity contribution in [1.29, 1.82) is 0 Å². The van der Waals surface area contributed by atoms with Crippen LogP contribution in [0.25, 0.3) is 10.9 Å². The highest BCUT2D eigenvalue weighted by atomic mass is 127. The molecule has 1 aliphatic rings. The molecule has 0 unspecified atom stereocenters. The number of carbonyl (C=O) groups excluding carboxylic acids is 1. The Morgan fingerprint density at radius 1 is 1.29 bits per heavy atom. The molecule has 172 valence electrons. The van der Waals surface area contributed by atoms with E-state index in [9.17, 15) is 4.79 Å². The molecular formula is C23H35ClIN5O. The molecule has 8 heteroatoms. The van der Waals surface area contributed by atoms with E-state index < -0.39 is 0 Å². The van der Waals surface area contributed by atoms with Crippen molar-refractivity contribution in [2.75, 3.05) is 26.7 Å². The van der Waals surface area contributed by atoms with Gasteiger partial charge in [0.2, 0.25) is 5.91 Å². The molecule has 0 aliphatic carbocycles. The fraction of sp³-hybridized carbons (Fsp3) is 0.565. The molecule has 1 saturated heterocycles. The molecule has 3 N–H and O–H groups in total. The molecular weight excluding hydrogens is 525 g/mol. The van der Waals surface area contributed by atoms with Gasteiger partial charge in [-0.1, -0.05) is 25.4 Å². The van der Waals surface area contributed by atoms with Crippen LogP contribution in [0.2, 0.25) is 5.02 Å². The summed E-state index contributed by atoms with van der Waals surface area (Å²) in [5, 5.41) is 8.86. The zero-order chi connectivity index (χ0) is 21.5. The molecule has 1 aliphatic heterocycles. The minimum Gasteiger partial charge on any atom is -0.361 e. The molecule has 1 amide bonds. The number of amides is 1. The molecule has 0 radical (unpaired) electrons. The number of aromatic amines is 1. The molecule has 2 aromatic rings. The maximum Gasteiger partial charge on any atom is 0.225 e. The quantitative estimate of drug-likeness (QED) is 0.264. The van der Waals surface area contributed by atoms with Crippen LogP contribution in [0, 0.1) is 5.92 Å². The predicted molar refractivity (Wildman–Crippen MR) is 141 cm³/mol. The van der Waals surface area contributed by atoms with Crippen LogP contribution in [0.4, 0.5) is 0 Å². The summed E-state index contributed by atoms with van der Waals surface area (Å²) in [4.78, 5) is 22.3. The maximum atomic E-state index is 12.6. The van der Waals surface area contributed by atoms with E-state index in [1.54, 1.807) is 7.05 Å². The highest BCUT2D eigenvalue weighted by molar-refractivity contribution is 14.0. The molecule has 0 spiro atoms. The normalized spacial score (nSPS) is 15.3. The van der Waals surface area contributed by atoms with Crippen molar-refractivity contribution in [3.8, 4) is 0 Å². The van der Waals surface area contributed by atoms with Crippen LogP contribution < -0.4 is 10.6 Å². The van der Waals surface area contributed by atoms with Gasteiger partial charge in [0.15, 0.2) is 5.96 Å². The van der Waals surface area contributed by atoms with Crippen LogP contribution in [0.5, 0.6) is 0 Å². The lowest BCUT2D eigenvalue weighted by Crippen LogP contribution is -2.50. The van der Waals surface area contributed by atoms with Crippen molar-refractivity contribution in [2.45, 2.75) is 52.0 Å². The van der Waals surface area contributed by atoms with Gasteiger partial charge in [0.25, 0.3) is 0 Å². The van der Waals surface area contributed by atoms with E-state index in [0.717, 1.165) is 68.2 Å². The first-order valence-electron chi connectivity index (χ1n) is 11.1. The lowest BCUT2D eigenvalue weighted by atomic mass is 9.98. The van der Waals surface area contributed by atoms with Crippen LogP contribution in [0.15, 0.2) is 29.4 Å². The third-order valence-corrected chi connectivity index (χ3v) is 6.36. The summed E-state index contributed by atoms with van der Waals surface area (Å²) in [5.74, 6) is 1.31. The van der Waals surface area contributed by atoms with Crippen LogP contribution in [0.1, 0.15) is 45.1 Å². The monoisotopic (exact) mass is 559 g/mol. The van der Waals surface area contributed by atoms with Crippen LogP contribution >= 0.6 is 35.6 Å². The van der Waals surface area contributed by atoms with Gasteiger partial charge in [0.1, 0.15) is 0 Å². The second kappa shape index (κ2) is 12.5. The molecule has 0 atom stereocenters. The number of rotatable bonds is 7. The van der Waals surface area contributed by atoms with E-state index in [1.807, 2.05) is 29.3 Å². The Hall–Kier alpha value is -1.48. The average Bonchev–Trinajstić information content (AvgIpc) is 3.16. The third kappa shape index (κ3) is 6.75. The van der Waals surface area contributed by atoms with E-state index in [0.29, 0.717) is 11.9 Å². The number of hydrogen-bond donors (Lipinski definition) is 3. The standard InChI is InChI=1S/C23H34ClN5O.HI/c1-4-16(5-2)22(30)29-12-9-19(10-13-29)28-23(25-3)26-11-8-17-15-27-21-7-6-18(24)14-20(17)21;/h6-7,14-16,19,27H,4-5,8-13H2,1-3H3,(H2,25,26,28);1H. The van der Waals surface area contributed by atoms with E-state index in [4.69, 9.17) is 11.6 Å². The lowest BCUT2D eigenvalue weighted by molar-refractivity contribution is -0.136. The van der Waals surface area contributed by atoms with Gasteiger partial charge >= 0.3 is 0 Å². The van der Waals surface area contributed by atoms with Gasteiger partial charge in [-0.2, -0.15) is 0 Å². The number of piperidine rings is 1. The zero-order valence-electron chi connectivity index (χ0n) is 18.7. The molecule has 1 aromatic carbocycles. The number of carbonyl (C=O) groups is 1. The average molecular weight is 560 g/mol. The first-order chi connectivity index (χ1) is 14.5. The minimum atomic E-state index is 0. The SMILES string of the molecule is CCC(CC)C(=O)N1CCC(NC(=NC)NCCc2c[nH]c3ccc(Cl)cc23)CC1.I. The zero-order valence-corrected chi connectivity index (χ0v) is 21.8. The first kappa shape index (κ1) is 25.8. The highest BCUT2D eigenvalue weighted by Gasteiger charge is 2.26. The summed E-state index contributed by atoms with van der Waals surface area (Å²) in [6.45, 7) is 6.62. The summed E-state index contributed by atoms with van der Waals surface area (Å²) in [5.41, 5.74) is 2.34. The molecule has 1 aromatic heterocycles. The Balaban J connectivity index is 0.00000341. The van der Waals surface area contributed by atoms with Crippen LogP contribution in [-0.2, 0) is 11.2 Å². The number of nitrogens with one attached hydrogen (secondary N) is 3. The van der Waals surface area contributed by atoms with Gasteiger partial charge in [0.05, 0.1) is 0 Å². The number of nitrogens with zero attached hydrogens (tertiary/aromatic N) is 2. The Morgan fingerprint density at radius 3 is 2.65 bits per heavy atom. The molecule has 1 fully saturated rings. The molecule has 31 heavy (non-hydrogen) atoms. The number of hydrogen-bond acceptors (Lipinski definition) is 2. The van der Waals surface area contributed by atoms with E-state index in [1.165, 1.54) is 10.9 Å². The van der Waals surface area contributed by atoms with E-state index in [2.05, 4.69) is 34.5 Å². The summed E-state index contributed by atoms with van der Waals surface area (Å²) < 4.78 is 0. The lowest BCUT2D eigenvalue weighted by Gasteiger charge is -2.34. The molecule has 0 bridgehead atoms. The Labute approximate surface area is 207 Å². The summed E-state index contributed by atoms with van der Waals surface area (Å²) in [6, 6.07) is 6.26. The van der Waals surface area contributed by atoms with Gasteiger partial charge in [-0.3, -0.25) is 9.79 Å². The summed E-state index contributed by atoms with van der Waals surface area (Å²) >= 11 is 6.14. The Kier molecular flexibility index (Phi) is 10.4. The topological polar surface area (TPSA) is 72.5 Å². The van der Waals surface area contributed by atoms with Gasteiger partial charge in [-0.25, -0.2) is 0 Å². The second-order valence-corrected chi connectivity index (χ2v) is 8.45. The fourth-order valence-corrected chi connectivity index (χ4v) is 4.37. The number of H-pyrrole nitrogens is 1. The number of likely N-dealkylation sites (tertiary alicyclic amines) is 1. The Bertz CT molecular complexity index is 872. The Morgan fingerprint density at radius 2 is 2.00 bits per heavy atom. The van der Waals surface area contributed by atoms with E-state index >= 15 is 0 Å². The number of fused-ring (bicyclic) bond motifs is 1. The molecule has 3 rings (SSSR count). The van der Waals surface area contributed by atoms with Crippen LogP contribution in [-0.4, -0.2) is 54.5 Å². The molecule has 0 saturated carbocycles. The number of aromatic nitrogens is 1. The summed E-state index contributed by atoms with van der Waals surface area (Å²) in [7, 11) is 1.80. The van der Waals surface area contributed by atoms with E-state index in [-0.39, 0.29) is 29.9 Å². The largest absolute Gasteiger partial charge is 0.361 e. The minimum absolute atomic E-state index is 0. The van der Waals surface area contributed by atoms with Gasteiger partial charge < -0.3 is 20.5 Å².